The molecule has 0 atom stereocenters. The van der Waals surface area contributed by atoms with Crippen molar-refractivity contribution in [3.05, 3.63) is 30.1 Å². The van der Waals surface area contributed by atoms with Crippen LogP contribution in [-0.4, -0.2) is 46.9 Å². The number of H-pyrrole nitrogens is 1. The fraction of sp³-hybridized carbons (Fsp3) is 0.273. The van der Waals surface area contributed by atoms with E-state index in [4.69, 9.17) is 9.47 Å². The van der Waals surface area contributed by atoms with E-state index in [1.807, 2.05) is 0 Å². The third kappa shape index (κ3) is 3.75. The second kappa shape index (κ2) is 6.45. The van der Waals surface area contributed by atoms with Gasteiger partial charge in [0.15, 0.2) is 0 Å². The highest BCUT2D eigenvalue weighted by atomic mass is 16.5. The molecule has 8 heteroatoms. The largest absolute Gasteiger partial charge is 0.491 e. The second-order valence-electron chi connectivity index (χ2n) is 3.56. The van der Waals surface area contributed by atoms with E-state index in [1.165, 1.54) is 0 Å². The zero-order chi connectivity index (χ0) is 13.5. The van der Waals surface area contributed by atoms with Crippen molar-refractivity contribution in [1.82, 2.24) is 20.6 Å². The van der Waals surface area contributed by atoms with Gasteiger partial charge in [0.1, 0.15) is 12.4 Å². The van der Waals surface area contributed by atoms with Crippen LogP contribution in [0.4, 0.5) is 5.69 Å². The van der Waals surface area contributed by atoms with Crippen molar-refractivity contribution in [2.75, 3.05) is 25.6 Å². The Morgan fingerprint density at radius 3 is 2.74 bits per heavy atom. The van der Waals surface area contributed by atoms with Crippen molar-refractivity contribution < 1.29 is 14.3 Å². The number of aromatic nitrogens is 4. The van der Waals surface area contributed by atoms with Crippen LogP contribution in [0.25, 0.3) is 0 Å². The highest BCUT2D eigenvalue weighted by Gasteiger charge is 2.10. The number of nitrogens with one attached hydrogen (secondary N) is 2. The maximum absolute atomic E-state index is 11.6. The molecule has 0 aliphatic heterocycles. The molecule has 0 bridgehead atoms. The first-order valence-corrected chi connectivity index (χ1v) is 5.56. The van der Waals surface area contributed by atoms with E-state index in [0.29, 0.717) is 24.7 Å². The molecule has 19 heavy (non-hydrogen) atoms. The first-order valence-electron chi connectivity index (χ1n) is 5.56. The molecule has 0 aliphatic rings. The van der Waals surface area contributed by atoms with Gasteiger partial charge in [0.25, 0.3) is 11.7 Å². The number of benzene rings is 1. The normalized spacial score (nSPS) is 10.2. The molecule has 0 spiro atoms. The van der Waals surface area contributed by atoms with Gasteiger partial charge in [-0.3, -0.25) is 4.79 Å². The summed E-state index contributed by atoms with van der Waals surface area (Å²) in [5, 5.41) is 15.3. The lowest BCUT2D eigenvalue weighted by molar-refractivity contribution is 0.101. The Hall–Kier alpha value is -2.48. The maximum atomic E-state index is 11.6. The van der Waals surface area contributed by atoms with E-state index >= 15 is 0 Å². The maximum Gasteiger partial charge on any atom is 0.297 e. The van der Waals surface area contributed by atoms with Crippen molar-refractivity contribution in [2.24, 2.45) is 0 Å². The summed E-state index contributed by atoms with van der Waals surface area (Å²) in [5.41, 5.74) is 0.619. The number of ether oxygens (including phenoxy) is 2. The highest BCUT2D eigenvalue weighted by molar-refractivity contribution is 6.01. The van der Waals surface area contributed by atoms with Gasteiger partial charge < -0.3 is 14.8 Å². The predicted molar refractivity (Wildman–Crippen MR) is 65.9 cm³/mol. The van der Waals surface area contributed by atoms with Gasteiger partial charge in [0.2, 0.25) is 0 Å². The number of tetrazole rings is 1. The van der Waals surface area contributed by atoms with Crippen LogP contribution in [0.3, 0.4) is 0 Å². The van der Waals surface area contributed by atoms with Gasteiger partial charge in [0.05, 0.1) is 6.61 Å². The molecule has 100 valence electrons. The lowest BCUT2D eigenvalue weighted by atomic mass is 10.3. The lowest BCUT2D eigenvalue weighted by Crippen LogP contribution is -2.13. The number of methoxy groups -OCH3 is 1. The molecular formula is C11H13N5O3. The summed E-state index contributed by atoms with van der Waals surface area (Å²) in [6.07, 6.45) is 0. The molecule has 0 unspecified atom stereocenters. The minimum atomic E-state index is -0.429. The third-order valence-corrected chi connectivity index (χ3v) is 2.22. The Bertz CT molecular complexity index is 512. The van der Waals surface area contributed by atoms with Gasteiger partial charge in [-0.15, -0.1) is 10.2 Å². The Morgan fingerprint density at radius 2 is 2.11 bits per heavy atom. The fourth-order valence-corrected chi connectivity index (χ4v) is 1.32. The van der Waals surface area contributed by atoms with E-state index in [9.17, 15) is 4.79 Å². The highest BCUT2D eigenvalue weighted by Crippen LogP contribution is 2.15. The smallest absolute Gasteiger partial charge is 0.297 e. The van der Waals surface area contributed by atoms with E-state index in [-0.39, 0.29) is 5.82 Å². The Balaban J connectivity index is 1.90. The number of amides is 1. The fourth-order valence-electron chi connectivity index (χ4n) is 1.32. The molecule has 2 rings (SSSR count). The third-order valence-electron chi connectivity index (χ3n) is 2.22. The Morgan fingerprint density at radius 1 is 1.32 bits per heavy atom. The van der Waals surface area contributed by atoms with Crippen LogP contribution in [0.5, 0.6) is 5.75 Å². The summed E-state index contributed by atoms with van der Waals surface area (Å²) in [7, 11) is 1.61. The number of hydrogen-bond donors (Lipinski definition) is 2. The van der Waals surface area contributed by atoms with Crippen molar-refractivity contribution in [3.63, 3.8) is 0 Å². The number of rotatable bonds is 6. The summed E-state index contributed by atoms with van der Waals surface area (Å²) in [5.74, 6) is 0.261. The molecular weight excluding hydrogens is 250 g/mol. The SMILES string of the molecule is COCCOc1ccc(NC(=O)c2nn[nH]n2)cc1. The van der Waals surface area contributed by atoms with E-state index in [1.54, 1.807) is 31.4 Å². The number of hydrogen-bond acceptors (Lipinski definition) is 6. The van der Waals surface area contributed by atoms with Crippen LogP contribution in [0.15, 0.2) is 24.3 Å². The number of carbonyl (C=O) groups excluding carboxylic acids is 1. The quantitative estimate of drug-likeness (QED) is 0.735. The van der Waals surface area contributed by atoms with E-state index in [2.05, 4.69) is 25.9 Å². The predicted octanol–water partition coefficient (Wildman–Crippen LogP) is 0.477. The molecule has 8 nitrogen and oxygen atoms in total. The molecule has 1 heterocycles. The minimum absolute atomic E-state index is 0.0135. The number of anilines is 1. The lowest BCUT2D eigenvalue weighted by Gasteiger charge is -2.06. The van der Waals surface area contributed by atoms with Gasteiger partial charge in [-0.2, -0.15) is 5.21 Å². The molecule has 0 saturated heterocycles. The van der Waals surface area contributed by atoms with Gasteiger partial charge >= 0.3 is 0 Å². The molecule has 0 saturated carbocycles. The van der Waals surface area contributed by atoms with Crippen LogP contribution in [0.1, 0.15) is 10.6 Å². The van der Waals surface area contributed by atoms with Gasteiger partial charge in [-0.25, -0.2) is 0 Å². The van der Waals surface area contributed by atoms with Crippen LogP contribution < -0.4 is 10.1 Å². The van der Waals surface area contributed by atoms with Gasteiger partial charge in [0, 0.05) is 12.8 Å². The molecule has 0 aliphatic carbocycles. The average Bonchev–Trinajstić information content (AvgIpc) is 2.95. The van der Waals surface area contributed by atoms with E-state index < -0.39 is 5.91 Å². The molecule has 1 amide bonds. The summed E-state index contributed by atoms with van der Waals surface area (Å²) >= 11 is 0. The van der Waals surface area contributed by atoms with Crippen molar-refractivity contribution in [3.8, 4) is 5.75 Å². The Labute approximate surface area is 109 Å². The van der Waals surface area contributed by atoms with Gasteiger partial charge in [-0.05, 0) is 29.5 Å². The second-order valence-corrected chi connectivity index (χ2v) is 3.56. The summed E-state index contributed by atoms with van der Waals surface area (Å²) in [4.78, 5) is 11.6. The first-order chi connectivity index (χ1) is 9.29. The topological polar surface area (TPSA) is 102 Å². The van der Waals surface area contributed by atoms with Crippen LogP contribution >= 0.6 is 0 Å². The zero-order valence-corrected chi connectivity index (χ0v) is 10.3. The van der Waals surface area contributed by atoms with Crippen molar-refractivity contribution >= 4 is 11.6 Å². The number of aromatic amines is 1. The summed E-state index contributed by atoms with van der Waals surface area (Å²) in [6, 6.07) is 6.95. The Kier molecular flexibility index (Phi) is 4.40. The summed E-state index contributed by atoms with van der Waals surface area (Å²) < 4.78 is 10.3. The molecule has 1 aromatic heterocycles. The summed E-state index contributed by atoms with van der Waals surface area (Å²) in [6.45, 7) is 1.00. The zero-order valence-electron chi connectivity index (χ0n) is 10.3. The standard InChI is InChI=1S/C11H13N5O3/c1-18-6-7-19-9-4-2-8(3-5-9)12-11(17)10-13-15-16-14-10/h2-5H,6-7H2,1H3,(H,12,17)(H,13,14,15,16). The molecule has 0 fully saturated rings. The first kappa shape index (κ1) is 13.0. The van der Waals surface area contributed by atoms with Crippen LogP contribution in [0, 0.1) is 0 Å². The van der Waals surface area contributed by atoms with Crippen molar-refractivity contribution in [1.29, 1.82) is 0 Å². The monoisotopic (exact) mass is 263 g/mol. The van der Waals surface area contributed by atoms with Crippen LogP contribution in [-0.2, 0) is 4.74 Å². The molecule has 2 aromatic rings. The molecule has 1 aromatic carbocycles. The minimum Gasteiger partial charge on any atom is -0.491 e. The van der Waals surface area contributed by atoms with Gasteiger partial charge in [-0.1, -0.05) is 0 Å². The average molecular weight is 263 g/mol. The van der Waals surface area contributed by atoms with Crippen molar-refractivity contribution in [2.45, 2.75) is 0 Å². The number of nitrogens with zero attached hydrogens (tertiary/aromatic N) is 3. The molecule has 2 N–H and O–H groups in total. The van der Waals surface area contributed by atoms with Crippen LogP contribution in [0.2, 0.25) is 0 Å². The van der Waals surface area contributed by atoms with E-state index in [0.717, 1.165) is 0 Å². The molecule has 0 radical (unpaired) electrons. The number of carbonyl (C=O) groups is 1.